The fourth-order valence-electron chi connectivity index (χ4n) is 4.24. The van der Waals surface area contributed by atoms with Gasteiger partial charge >= 0.3 is 0 Å². The Morgan fingerprint density at radius 2 is 2.00 bits per heavy atom. The predicted octanol–water partition coefficient (Wildman–Crippen LogP) is 4.97. The van der Waals surface area contributed by atoms with Crippen molar-refractivity contribution in [2.45, 2.75) is 38.7 Å². The van der Waals surface area contributed by atoms with Crippen molar-refractivity contribution >= 4 is 11.7 Å². The average molecular weight is 484 g/mol. The number of H-pyrrole nitrogens is 1. The van der Waals surface area contributed by atoms with E-state index in [4.69, 9.17) is 9.47 Å². The Hall–Kier alpha value is -4.04. The summed E-state index contributed by atoms with van der Waals surface area (Å²) in [5.41, 5.74) is 4.13. The number of aromatic amines is 1. The zero-order valence-corrected chi connectivity index (χ0v) is 20.2. The first-order chi connectivity index (χ1) is 17.6. The van der Waals surface area contributed by atoms with Crippen molar-refractivity contribution in [1.29, 1.82) is 0 Å². The van der Waals surface area contributed by atoms with E-state index >= 15 is 0 Å². The SMILES string of the molecule is Cc1ccc(OCC2CCCCO2)cc1-c1ccnc(NC(=O)c2nnc(Cc3ccccc3)[nH]2)c1. The highest BCUT2D eigenvalue weighted by molar-refractivity contribution is 6.01. The van der Waals surface area contributed by atoms with Crippen LogP contribution in [0.25, 0.3) is 11.1 Å². The molecule has 1 unspecified atom stereocenters. The zero-order chi connectivity index (χ0) is 24.7. The van der Waals surface area contributed by atoms with Crippen molar-refractivity contribution in [3.05, 3.63) is 89.6 Å². The molecule has 1 saturated heterocycles. The molecule has 3 heterocycles. The maximum Gasteiger partial charge on any atom is 0.294 e. The third kappa shape index (κ3) is 5.95. The van der Waals surface area contributed by atoms with Crippen LogP contribution in [0, 0.1) is 6.92 Å². The first-order valence-electron chi connectivity index (χ1n) is 12.2. The van der Waals surface area contributed by atoms with Crippen LogP contribution < -0.4 is 10.1 Å². The smallest absolute Gasteiger partial charge is 0.294 e. The molecule has 0 bridgehead atoms. The average Bonchev–Trinajstić information content (AvgIpc) is 3.38. The molecule has 5 rings (SSSR count). The van der Waals surface area contributed by atoms with Crippen molar-refractivity contribution in [2.24, 2.45) is 0 Å². The lowest BCUT2D eigenvalue weighted by molar-refractivity contribution is -0.0110. The molecule has 8 heteroatoms. The largest absolute Gasteiger partial charge is 0.491 e. The molecule has 2 aromatic carbocycles. The number of carbonyl (C=O) groups is 1. The predicted molar refractivity (Wildman–Crippen MR) is 137 cm³/mol. The third-order valence-electron chi connectivity index (χ3n) is 6.19. The third-order valence-corrected chi connectivity index (χ3v) is 6.19. The van der Waals surface area contributed by atoms with Crippen LogP contribution in [0.15, 0.2) is 66.9 Å². The van der Waals surface area contributed by atoms with Gasteiger partial charge in [-0.15, -0.1) is 10.2 Å². The van der Waals surface area contributed by atoms with Gasteiger partial charge in [-0.25, -0.2) is 4.98 Å². The fourth-order valence-corrected chi connectivity index (χ4v) is 4.24. The lowest BCUT2D eigenvalue weighted by atomic mass is 10.0. The van der Waals surface area contributed by atoms with Gasteiger partial charge in [0.25, 0.3) is 5.91 Å². The number of aryl methyl sites for hydroxylation is 1. The highest BCUT2D eigenvalue weighted by Crippen LogP contribution is 2.29. The summed E-state index contributed by atoms with van der Waals surface area (Å²) in [6.07, 6.45) is 5.73. The second kappa shape index (κ2) is 11.1. The van der Waals surface area contributed by atoms with Crippen LogP contribution in [0.3, 0.4) is 0 Å². The van der Waals surface area contributed by atoms with Crippen molar-refractivity contribution in [3.8, 4) is 16.9 Å². The van der Waals surface area contributed by atoms with E-state index in [9.17, 15) is 4.79 Å². The second-order valence-corrected chi connectivity index (χ2v) is 8.94. The molecule has 0 saturated carbocycles. The molecule has 1 aliphatic rings. The molecule has 1 atom stereocenters. The van der Waals surface area contributed by atoms with Gasteiger partial charge in [-0.3, -0.25) is 4.79 Å². The van der Waals surface area contributed by atoms with Gasteiger partial charge < -0.3 is 19.8 Å². The lowest BCUT2D eigenvalue weighted by Gasteiger charge is -2.22. The van der Waals surface area contributed by atoms with Crippen molar-refractivity contribution < 1.29 is 14.3 Å². The Labute approximate surface area is 210 Å². The van der Waals surface area contributed by atoms with Crippen LogP contribution >= 0.6 is 0 Å². The highest BCUT2D eigenvalue weighted by atomic mass is 16.5. The van der Waals surface area contributed by atoms with Crippen molar-refractivity contribution in [1.82, 2.24) is 20.2 Å². The minimum Gasteiger partial charge on any atom is -0.491 e. The van der Waals surface area contributed by atoms with Gasteiger partial charge in [-0.2, -0.15) is 0 Å². The highest BCUT2D eigenvalue weighted by Gasteiger charge is 2.16. The Morgan fingerprint density at radius 3 is 2.83 bits per heavy atom. The van der Waals surface area contributed by atoms with E-state index in [-0.39, 0.29) is 11.9 Å². The Bertz CT molecular complexity index is 1320. The van der Waals surface area contributed by atoms with Gasteiger partial charge in [0.2, 0.25) is 5.82 Å². The molecule has 0 spiro atoms. The minimum absolute atomic E-state index is 0.143. The van der Waals surface area contributed by atoms with Gasteiger partial charge in [-0.05, 0) is 72.7 Å². The monoisotopic (exact) mass is 483 g/mol. The number of nitrogens with one attached hydrogen (secondary N) is 2. The Kier molecular flexibility index (Phi) is 7.33. The summed E-state index contributed by atoms with van der Waals surface area (Å²) in [7, 11) is 0. The standard InChI is InChI=1S/C28H29N5O3/c1-19-10-11-22(36-18-23-9-5-6-14-35-23)17-24(19)21-12-13-29-25(16-21)31-28(34)27-30-26(32-33-27)15-20-7-3-2-4-8-20/h2-4,7-8,10-13,16-17,23H,5-6,9,14-15,18H2,1H3,(H,29,31,34)(H,30,32,33). The Morgan fingerprint density at radius 1 is 1.11 bits per heavy atom. The van der Waals surface area contributed by atoms with Crippen LogP contribution in [-0.4, -0.2) is 45.4 Å². The van der Waals surface area contributed by atoms with Gasteiger partial charge in [0.05, 0.1) is 6.10 Å². The molecule has 4 aromatic rings. The number of carbonyl (C=O) groups excluding carboxylic acids is 1. The molecule has 36 heavy (non-hydrogen) atoms. The topological polar surface area (TPSA) is 102 Å². The number of anilines is 1. The summed E-state index contributed by atoms with van der Waals surface area (Å²) in [4.78, 5) is 20.1. The van der Waals surface area contributed by atoms with E-state index in [1.807, 2.05) is 67.6 Å². The van der Waals surface area contributed by atoms with E-state index in [1.54, 1.807) is 6.20 Å². The van der Waals surface area contributed by atoms with Gasteiger partial charge in [-0.1, -0.05) is 36.4 Å². The number of hydrogen-bond acceptors (Lipinski definition) is 6. The number of hydrogen-bond donors (Lipinski definition) is 2. The summed E-state index contributed by atoms with van der Waals surface area (Å²) in [5.74, 6) is 1.59. The maximum atomic E-state index is 12.8. The lowest BCUT2D eigenvalue weighted by Crippen LogP contribution is -2.25. The summed E-state index contributed by atoms with van der Waals surface area (Å²) >= 11 is 0. The van der Waals surface area contributed by atoms with Crippen molar-refractivity contribution in [3.63, 3.8) is 0 Å². The van der Waals surface area contributed by atoms with Crippen LogP contribution in [0.4, 0.5) is 5.82 Å². The molecule has 0 radical (unpaired) electrons. The van der Waals surface area contributed by atoms with Crippen molar-refractivity contribution in [2.75, 3.05) is 18.5 Å². The number of pyridine rings is 1. The van der Waals surface area contributed by atoms with E-state index in [0.29, 0.717) is 24.7 Å². The number of benzene rings is 2. The van der Waals surface area contributed by atoms with Crippen LogP contribution in [0.1, 0.15) is 46.8 Å². The second-order valence-electron chi connectivity index (χ2n) is 8.94. The number of ether oxygens (including phenoxy) is 2. The fraction of sp³-hybridized carbons (Fsp3) is 0.286. The summed E-state index contributed by atoms with van der Waals surface area (Å²) < 4.78 is 11.8. The molecule has 8 nitrogen and oxygen atoms in total. The number of amides is 1. The van der Waals surface area contributed by atoms with Crippen LogP contribution in [0.5, 0.6) is 5.75 Å². The molecule has 2 aromatic heterocycles. The molecular formula is C28H29N5O3. The summed E-state index contributed by atoms with van der Waals surface area (Å²) in [6.45, 7) is 3.40. The first-order valence-corrected chi connectivity index (χ1v) is 12.2. The zero-order valence-electron chi connectivity index (χ0n) is 20.2. The normalized spacial score (nSPS) is 15.4. The molecule has 0 aliphatic carbocycles. The number of nitrogens with zero attached hydrogens (tertiary/aromatic N) is 3. The van der Waals surface area contributed by atoms with Crippen LogP contribution in [0.2, 0.25) is 0 Å². The Balaban J connectivity index is 1.26. The molecule has 2 N–H and O–H groups in total. The molecule has 184 valence electrons. The quantitative estimate of drug-likeness (QED) is 0.367. The maximum absolute atomic E-state index is 12.8. The van der Waals surface area contributed by atoms with E-state index in [2.05, 4.69) is 25.5 Å². The summed E-state index contributed by atoms with van der Waals surface area (Å²) in [6, 6.07) is 19.7. The molecule has 1 amide bonds. The van der Waals surface area contributed by atoms with Crippen LogP contribution in [-0.2, 0) is 11.2 Å². The van der Waals surface area contributed by atoms with Gasteiger partial charge in [0.15, 0.2) is 0 Å². The molecule has 1 aliphatic heterocycles. The molecule has 1 fully saturated rings. The van der Waals surface area contributed by atoms with E-state index in [0.717, 1.165) is 47.5 Å². The number of aromatic nitrogens is 4. The summed E-state index contributed by atoms with van der Waals surface area (Å²) in [5, 5.41) is 10.9. The van der Waals surface area contributed by atoms with E-state index in [1.165, 1.54) is 6.42 Å². The minimum atomic E-state index is -0.396. The van der Waals surface area contributed by atoms with Gasteiger partial charge in [0, 0.05) is 19.2 Å². The molecular weight excluding hydrogens is 454 g/mol. The first kappa shape index (κ1) is 23.7. The van der Waals surface area contributed by atoms with E-state index < -0.39 is 5.91 Å². The number of rotatable bonds is 8. The van der Waals surface area contributed by atoms with Gasteiger partial charge in [0.1, 0.15) is 24.0 Å².